The summed E-state index contributed by atoms with van der Waals surface area (Å²) in [5.41, 5.74) is 0. The maximum atomic E-state index is 6.30. The van der Waals surface area contributed by atoms with Gasteiger partial charge in [0.2, 0.25) is 0 Å². The van der Waals surface area contributed by atoms with E-state index in [-0.39, 0.29) is 68.0 Å². The second kappa shape index (κ2) is 17.4. The fraction of sp³-hybridized carbons (Fsp3) is 0.556. The summed E-state index contributed by atoms with van der Waals surface area (Å²) in [5.74, 6) is 1.56. The van der Waals surface area contributed by atoms with Crippen LogP contribution in [0.2, 0.25) is 0 Å². The summed E-state index contributed by atoms with van der Waals surface area (Å²) >= 11 is 8.74. The monoisotopic (exact) mass is 668 g/mol. The van der Waals surface area contributed by atoms with Gasteiger partial charge >= 0.3 is 0 Å². The van der Waals surface area contributed by atoms with Gasteiger partial charge in [-0.1, -0.05) is 0 Å². The van der Waals surface area contributed by atoms with Crippen molar-refractivity contribution in [1.29, 1.82) is 0 Å². The Morgan fingerprint density at radius 2 is 1.12 bits per heavy atom. The van der Waals surface area contributed by atoms with Gasteiger partial charge in [0.25, 0.3) is 0 Å². The minimum Gasteiger partial charge on any atom is -0.826 e. The van der Waals surface area contributed by atoms with E-state index >= 15 is 0 Å². The summed E-state index contributed by atoms with van der Waals surface area (Å²) < 4.78 is 0. The van der Waals surface area contributed by atoms with Gasteiger partial charge in [-0.05, 0) is 0 Å². The van der Waals surface area contributed by atoms with Gasteiger partial charge in [-0.25, -0.2) is 0 Å². The van der Waals surface area contributed by atoms with Gasteiger partial charge in [-0.15, -0.1) is 0 Å². The molecule has 0 atom stereocenters. The van der Waals surface area contributed by atoms with Crippen molar-refractivity contribution >= 4 is 41.1 Å². The van der Waals surface area contributed by atoms with Crippen molar-refractivity contribution in [3.63, 3.8) is 0 Å². The Labute approximate surface area is 147 Å². The van der Waals surface area contributed by atoms with Gasteiger partial charge in [-0.3, -0.25) is 9.69 Å². The van der Waals surface area contributed by atoms with Crippen molar-refractivity contribution in [2.45, 2.75) is 0 Å². The van der Waals surface area contributed by atoms with Crippen molar-refractivity contribution in [1.82, 2.24) is 0 Å². The largest absolute Gasteiger partial charge is 0.826 e. The maximum Gasteiger partial charge on any atom is 0.154 e. The van der Waals surface area contributed by atoms with Crippen LogP contribution in [-0.4, -0.2) is 32.6 Å². The van der Waals surface area contributed by atoms with Gasteiger partial charge in [0.05, 0.1) is 13.1 Å². The van der Waals surface area contributed by atoms with Crippen LogP contribution in [0.3, 0.4) is 0 Å². The first-order valence-corrected chi connectivity index (χ1v) is 10.5. The number of nitrogens with zero attached hydrogens (tertiary/aromatic N) is 2. The fourth-order valence-electron chi connectivity index (χ4n) is 0.803. The zero-order chi connectivity index (χ0) is 12.4. The van der Waals surface area contributed by atoms with E-state index in [4.69, 9.17) is 13.1 Å². The van der Waals surface area contributed by atoms with Crippen LogP contribution in [0.5, 0.6) is 0 Å². The third kappa shape index (κ3) is 23.0. The van der Waals surface area contributed by atoms with Crippen LogP contribution in [0.4, 0.5) is 0 Å². The molecule has 0 aliphatic heterocycles. The van der Waals surface area contributed by atoms with Crippen molar-refractivity contribution in [2.24, 2.45) is 0 Å². The summed E-state index contributed by atoms with van der Waals surface area (Å²) in [5, 5.41) is -0.231. The standard InChI is InChI=1S/C5H14P2.C4H2N2S2.2Pt/c1-6(2)5-7(3)4;1-5-3(7)4(8)6-2;;/h5H2,1-4H3;7-8H;;/b;4-3-;;. The predicted octanol–water partition coefficient (Wildman–Crippen LogP) is 2.93. The van der Waals surface area contributed by atoms with Crippen molar-refractivity contribution in [3.05, 3.63) is 32.9 Å². The first-order chi connectivity index (χ1) is 6.84. The summed E-state index contributed by atoms with van der Waals surface area (Å²) in [6.45, 7) is 22.2. The Balaban J connectivity index is -0.0000000896. The molecular weight excluding hydrogens is 652 g/mol. The molecule has 104 valence electrons. The molecule has 17 heavy (non-hydrogen) atoms. The van der Waals surface area contributed by atoms with E-state index in [2.05, 4.69) is 61.6 Å². The SMILES string of the molecule is C[PH+](C)C[PH+](C)C.[C-]#[N+]/C([S-])=C(/[S-])[N+]#[C-].[Pt].[Pt]. The average molecular weight is 668 g/mol. The van der Waals surface area contributed by atoms with E-state index in [1.807, 2.05) is 0 Å². The molecule has 0 N–H and O–H groups in total. The minimum absolute atomic E-state index is 0. The summed E-state index contributed by atoms with van der Waals surface area (Å²) in [6, 6.07) is 0. The van der Waals surface area contributed by atoms with Crippen LogP contribution in [0, 0.1) is 13.1 Å². The Kier molecular flexibility index (Phi) is 27.5. The quantitative estimate of drug-likeness (QED) is 0.255. The normalized spacial score (nSPS) is 9.65. The molecule has 0 spiro atoms. The van der Waals surface area contributed by atoms with E-state index < -0.39 is 0 Å². The van der Waals surface area contributed by atoms with E-state index in [0.717, 1.165) is 0 Å². The van der Waals surface area contributed by atoms with Crippen molar-refractivity contribution in [2.75, 3.05) is 32.6 Å². The summed E-state index contributed by atoms with van der Waals surface area (Å²) in [6.07, 6.45) is 0. The first kappa shape index (κ1) is 26.9. The summed E-state index contributed by atoms with van der Waals surface area (Å²) in [4.78, 5) is 5.57. The molecular formula is C9H16N2P2Pt2S2. The maximum absolute atomic E-state index is 6.30. The number of hydrogen-bond acceptors (Lipinski definition) is 2. The molecule has 0 aromatic rings. The Hall–Kier alpha value is 1.40. The molecule has 0 fully saturated rings. The van der Waals surface area contributed by atoms with Crippen LogP contribution in [0.15, 0.2) is 10.1 Å². The zero-order valence-electron chi connectivity index (χ0n) is 10.1. The molecule has 0 aromatic carbocycles. The molecule has 0 amide bonds. The van der Waals surface area contributed by atoms with Crippen LogP contribution >= 0.6 is 15.8 Å². The minimum atomic E-state index is -0.116. The van der Waals surface area contributed by atoms with E-state index in [9.17, 15) is 0 Å². The average Bonchev–Trinajstić information content (AvgIpc) is 2.14. The molecule has 0 rings (SSSR count). The van der Waals surface area contributed by atoms with E-state index in [1.165, 1.54) is 0 Å². The number of rotatable bonds is 2. The molecule has 0 saturated heterocycles. The molecule has 0 aliphatic rings. The van der Waals surface area contributed by atoms with Gasteiger partial charge in [-0.2, -0.15) is 0 Å². The molecule has 0 bridgehead atoms. The van der Waals surface area contributed by atoms with Crippen molar-refractivity contribution in [3.8, 4) is 0 Å². The van der Waals surface area contributed by atoms with Crippen LogP contribution < -0.4 is 0 Å². The second-order valence-electron chi connectivity index (χ2n) is 3.42. The molecule has 2 nitrogen and oxygen atoms in total. The van der Waals surface area contributed by atoms with Crippen LogP contribution in [0.25, 0.3) is 9.69 Å². The molecule has 8 heteroatoms. The molecule has 0 radical (unpaired) electrons. The second-order valence-corrected chi connectivity index (χ2v) is 10.4. The van der Waals surface area contributed by atoms with Crippen LogP contribution in [-0.2, 0) is 67.4 Å². The molecule has 0 saturated carbocycles. The number of hydrogen-bond donors (Lipinski definition) is 0. The Morgan fingerprint density at radius 1 is 0.882 bits per heavy atom. The van der Waals surface area contributed by atoms with E-state index in [0.29, 0.717) is 0 Å². The fourth-order valence-corrected chi connectivity index (χ4v) is 6.55. The molecule has 0 aromatic heterocycles. The van der Waals surface area contributed by atoms with Crippen molar-refractivity contribution < 1.29 is 42.1 Å². The summed E-state index contributed by atoms with van der Waals surface area (Å²) in [7, 11) is 0.222. The third-order valence-electron chi connectivity index (χ3n) is 1.09. The third-order valence-corrected chi connectivity index (χ3v) is 7.45. The molecule has 0 unspecified atom stereocenters. The predicted molar refractivity (Wildman–Crippen MR) is 80.2 cm³/mol. The Bertz CT molecular complexity index is 268. The first-order valence-electron chi connectivity index (χ1n) is 4.26. The molecule has 0 heterocycles. The van der Waals surface area contributed by atoms with Gasteiger partial charge in [0.15, 0.2) is 5.90 Å². The van der Waals surface area contributed by atoms with Gasteiger partial charge < -0.3 is 25.3 Å². The van der Waals surface area contributed by atoms with Gasteiger partial charge in [0.1, 0.15) is 0 Å². The van der Waals surface area contributed by atoms with Gasteiger partial charge in [0, 0.05) is 94.7 Å². The Morgan fingerprint density at radius 3 is 1.18 bits per heavy atom. The molecule has 0 aliphatic carbocycles. The topological polar surface area (TPSA) is 8.72 Å². The van der Waals surface area contributed by atoms with E-state index in [1.54, 1.807) is 5.90 Å². The smallest absolute Gasteiger partial charge is 0.154 e. The zero-order valence-corrected chi connectivity index (χ0v) is 18.2. The van der Waals surface area contributed by atoms with Crippen LogP contribution in [0.1, 0.15) is 0 Å².